The number of carbonyl (C=O) groups excluding carboxylic acids is 1. The van der Waals surface area contributed by atoms with Crippen LogP contribution in [0.15, 0.2) is 18.7 Å². The van der Waals surface area contributed by atoms with Crippen LogP contribution in [0.25, 0.3) is 0 Å². The average Bonchev–Trinajstić information content (AvgIpc) is 2.37. The van der Waals surface area contributed by atoms with Crippen molar-refractivity contribution in [2.45, 2.75) is 39.2 Å². The van der Waals surface area contributed by atoms with Gasteiger partial charge in [-0.05, 0) is 18.4 Å². The summed E-state index contributed by atoms with van der Waals surface area (Å²) < 4.78 is 0. The number of hydrogen-bond donors (Lipinski definition) is 1. The Morgan fingerprint density at radius 2 is 2.10 bits per heavy atom. The third kappa shape index (κ3) is 3.93. The number of halogens is 1. The van der Waals surface area contributed by atoms with Crippen molar-refractivity contribution in [3.8, 4) is 0 Å². The van der Waals surface area contributed by atoms with Gasteiger partial charge in [-0.2, -0.15) is 0 Å². The molecule has 0 aromatic carbocycles. The van der Waals surface area contributed by atoms with Crippen LogP contribution >= 0.6 is 11.6 Å². The monoisotopic (exact) mass is 296 g/mol. The zero-order chi connectivity index (χ0) is 15.5. The van der Waals surface area contributed by atoms with Crippen molar-refractivity contribution >= 4 is 23.4 Å². The van der Waals surface area contributed by atoms with E-state index in [2.05, 4.69) is 22.1 Å². The van der Waals surface area contributed by atoms with Crippen LogP contribution in [-0.4, -0.2) is 34.2 Å². The van der Waals surface area contributed by atoms with Crippen LogP contribution in [0, 0.1) is 0 Å². The third-order valence-electron chi connectivity index (χ3n) is 3.06. The van der Waals surface area contributed by atoms with E-state index >= 15 is 0 Å². The van der Waals surface area contributed by atoms with E-state index in [9.17, 15) is 4.79 Å². The van der Waals surface area contributed by atoms with E-state index in [1.54, 1.807) is 19.2 Å². The second kappa shape index (κ2) is 6.22. The molecule has 1 aromatic heterocycles. The lowest BCUT2D eigenvalue weighted by atomic mass is 9.88. The number of carbonyl (C=O) groups is 1. The second-order valence-corrected chi connectivity index (χ2v) is 6.06. The minimum atomic E-state index is -0.270. The van der Waals surface area contributed by atoms with E-state index < -0.39 is 0 Å². The number of amides is 2. The standard InChI is InChI=1S/C14H21ClN4O/c1-7-9(2)19(6)13(20)16-11-8-10(14(3,4)5)12(15)18-17-11/h7-9H,1H2,2-6H3,(H,16,17,20). The minimum Gasteiger partial charge on any atom is -0.321 e. The van der Waals surface area contributed by atoms with E-state index in [0.717, 1.165) is 5.56 Å². The Balaban J connectivity index is 2.94. The van der Waals surface area contributed by atoms with Crippen LogP contribution < -0.4 is 5.32 Å². The van der Waals surface area contributed by atoms with Gasteiger partial charge in [0.25, 0.3) is 0 Å². The maximum absolute atomic E-state index is 12.0. The summed E-state index contributed by atoms with van der Waals surface area (Å²) in [6, 6.07) is 1.41. The first-order valence-corrected chi connectivity index (χ1v) is 6.74. The summed E-state index contributed by atoms with van der Waals surface area (Å²) in [4.78, 5) is 13.6. The molecule has 5 nitrogen and oxygen atoms in total. The molecule has 0 aliphatic carbocycles. The Labute approximate surface area is 125 Å². The average molecular weight is 297 g/mol. The molecule has 1 rings (SSSR count). The lowest BCUT2D eigenvalue weighted by molar-refractivity contribution is 0.216. The number of nitrogens with zero attached hydrogens (tertiary/aromatic N) is 3. The highest BCUT2D eigenvalue weighted by Crippen LogP contribution is 2.28. The van der Waals surface area contributed by atoms with E-state index in [4.69, 9.17) is 11.6 Å². The Morgan fingerprint density at radius 3 is 2.60 bits per heavy atom. The molecule has 1 heterocycles. The summed E-state index contributed by atoms with van der Waals surface area (Å²) in [6.07, 6.45) is 1.69. The van der Waals surface area contributed by atoms with Crippen LogP contribution in [-0.2, 0) is 5.41 Å². The fourth-order valence-corrected chi connectivity index (χ4v) is 1.88. The Hall–Kier alpha value is -1.62. The molecule has 0 bridgehead atoms. The molecular formula is C14H21ClN4O. The van der Waals surface area contributed by atoms with Gasteiger partial charge in [-0.3, -0.25) is 5.32 Å². The molecule has 0 spiro atoms. The van der Waals surface area contributed by atoms with Crippen LogP contribution in [0.1, 0.15) is 33.3 Å². The zero-order valence-corrected chi connectivity index (χ0v) is 13.3. The Morgan fingerprint density at radius 1 is 1.50 bits per heavy atom. The van der Waals surface area contributed by atoms with Crippen molar-refractivity contribution < 1.29 is 4.79 Å². The number of hydrogen-bond acceptors (Lipinski definition) is 3. The van der Waals surface area contributed by atoms with Crippen molar-refractivity contribution in [2.24, 2.45) is 0 Å². The molecule has 0 saturated heterocycles. The first-order valence-electron chi connectivity index (χ1n) is 6.37. The summed E-state index contributed by atoms with van der Waals surface area (Å²) in [5.41, 5.74) is 0.663. The van der Waals surface area contributed by atoms with Crippen molar-refractivity contribution in [1.29, 1.82) is 0 Å². The van der Waals surface area contributed by atoms with Gasteiger partial charge < -0.3 is 4.90 Å². The SMILES string of the molecule is C=CC(C)N(C)C(=O)Nc1cc(C(C)(C)C)c(Cl)nn1. The highest BCUT2D eigenvalue weighted by molar-refractivity contribution is 6.30. The maximum Gasteiger partial charge on any atom is 0.323 e. The second-order valence-electron chi connectivity index (χ2n) is 5.70. The van der Waals surface area contributed by atoms with Gasteiger partial charge >= 0.3 is 6.03 Å². The third-order valence-corrected chi connectivity index (χ3v) is 3.34. The van der Waals surface area contributed by atoms with E-state index in [1.165, 1.54) is 4.90 Å². The molecule has 0 radical (unpaired) electrons. The molecule has 2 amide bonds. The first kappa shape index (κ1) is 16.4. The maximum atomic E-state index is 12.0. The predicted molar refractivity (Wildman–Crippen MR) is 82.2 cm³/mol. The van der Waals surface area contributed by atoms with Gasteiger partial charge in [0.15, 0.2) is 11.0 Å². The van der Waals surface area contributed by atoms with Gasteiger partial charge in [-0.25, -0.2) is 4.79 Å². The van der Waals surface area contributed by atoms with Gasteiger partial charge in [0.2, 0.25) is 0 Å². The molecule has 110 valence electrons. The zero-order valence-electron chi connectivity index (χ0n) is 12.6. The quantitative estimate of drug-likeness (QED) is 0.869. The van der Waals surface area contributed by atoms with Crippen molar-refractivity contribution in [2.75, 3.05) is 12.4 Å². The molecule has 20 heavy (non-hydrogen) atoms. The Kier molecular flexibility index (Phi) is 5.11. The number of aromatic nitrogens is 2. The number of likely N-dealkylation sites (N-methyl/N-ethyl adjacent to an activating group) is 1. The van der Waals surface area contributed by atoms with E-state index in [-0.39, 0.29) is 17.5 Å². The molecule has 1 atom stereocenters. The van der Waals surface area contributed by atoms with Crippen LogP contribution in [0.2, 0.25) is 5.15 Å². The molecule has 0 fully saturated rings. The van der Waals surface area contributed by atoms with E-state index in [1.807, 2.05) is 27.7 Å². The highest BCUT2D eigenvalue weighted by atomic mass is 35.5. The van der Waals surface area contributed by atoms with Crippen molar-refractivity contribution in [1.82, 2.24) is 15.1 Å². The highest BCUT2D eigenvalue weighted by Gasteiger charge is 2.21. The van der Waals surface area contributed by atoms with Crippen molar-refractivity contribution in [3.63, 3.8) is 0 Å². The summed E-state index contributed by atoms with van der Waals surface area (Å²) in [5.74, 6) is 0.382. The van der Waals surface area contributed by atoms with Gasteiger partial charge in [-0.15, -0.1) is 16.8 Å². The van der Waals surface area contributed by atoms with Gasteiger partial charge in [0.1, 0.15) is 0 Å². The molecule has 0 saturated carbocycles. The largest absolute Gasteiger partial charge is 0.323 e. The molecule has 0 aliphatic heterocycles. The summed E-state index contributed by atoms with van der Waals surface area (Å²) in [5, 5.41) is 10.8. The molecular weight excluding hydrogens is 276 g/mol. The molecule has 1 aromatic rings. The van der Waals surface area contributed by atoms with Crippen LogP contribution in [0.5, 0.6) is 0 Å². The van der Waals surface area contributed by atoms with Crippen LogP contribution in [0.3, 0.4) is 0 Å². The summed E-state index contributed by atoms with van der Waals surface area (Å²) in [6.45, 7) is 11.6. The fraction of sp³-hybridized carbons (Fsp3) is 0.500. The normalized spacial score (nSPS) is 12.7. The number of nitrogens with one attached hydrogen (secondary N) is 1. The predicted octanol–water partition coefficient (Wildman–Crippen LogP) is 3.47. The molecule has 1 N–H and O–H groups in total. The number of urea groups is 1. The van der Waals surface area contributed by atoms with Gasteiger partial charge in [-0.1, -0.05) is 38.4 Å². The van der Waals surface area contributed by atoms with Crippen LogP contribution in [0.4, 0.5) is 10.6 Å². The lowest BCUT2D eigenvalue weighted by Crippen LogP contribution is -2.37. The minimum absolute atomic E-state index is 0.0719. The lowest BCUT2D eigenvalue weighted by Gasteiger charge is -2.23. The summed E-state index contributed by atoms with van der Waals surface area (Å²) in [7, 11) is 1.69. The molecule has 0 aliphatic rings. The topological polar surface area (TPSA) is 58.1 Å². The number of rotatable bonds is 3. The van der Waals surface area contributed by atoms with Gasteiger partial charge in [0, 0.05) is 18.7 Å². The first-order chi connectivity index (χ1) is 9.16. The summed E-state index contributed by atoms with van der Waals surface area (Å²) >= 11 is 6.04. The number of anilines is 1. The van der Waals surface area contributed by atoms with Crippen molar-refractivity contribution in [3.05, 3.63) is 29.4 Å². The van der Waals surface area contributed by atoms with E-state index in [0.29, 0.717) is 11.0 Å². The fourth-order valence-electron chi connectivity index (χ4n) is 1.50. The van der Waals surface area contributed by atoms with Gasteiger partial charge in [0.05, 0.1) is 0 Å². The molecule has 6 heteroatoms. The Bertz CT molecular complexity index is 510. The molecule has 1 unspecified atom stereocenters. The smallest absolute Gasteiger partial charge is 0.321 e.